The predicted octanol–water partition coefficient (Wildman–Crippen LogP) is 6.94. The van der Waals surface area contributed by atoms with Gasteiger partial charge >= 0.3 is 0 Å². The molecule has 3 aromatic carbocycles. The number of benzene rings is 3. The van der Waals surface area contributed by atoms with Crippen LogP contribution in [0.2, 0.25) is 10.0 Å². The summed E-state index contributed by atoms with van der Waals surface area (Å²) in [6, 6.07) is 16.9. The summed E-state index contributed by atoms with van der Waals surface area (Å²) in [6.45, 7) is 3.12. The van der Waals surface area contributed by atoms with Gasteiger partial charge in [-0.15, -0.1) is 0 Å². The summed E-state index contributed by atoms with van der Waals surface area (Å²) in [6.07, 6.45) is 1.72. The third-order valence-electron chi connectivity index (χ3n) is 4.21. The molecular formula is C23H18Cl2O3S. The second-order valence-corrected chi connectivity index (χ2v) is 8.44. The van der Waals surface area contributed by atoms with Crippen LogP contribution in [0.4, 0.5) is 0 Å². The Labute approximate surface area is 183 Å². The van der Waals surface area contributed by atoms with E-state index in [1.54, 1.807) is 18.2 Å². The molecular weight excluding hydrogens is 427 g/mol. The van der Waals surface area contributed by atoms with Gasteiger partial charge in [-0.1, -0.05) is 59.6 Å². The normalized spacial score (nSPS) is 11.5. The zero-order chi connectivity index (χ0) is 21.0. The van der Waals surface area contributed by atoms with Crippen LogP contribution < -0.4 is 4.74 Å². The minimum Gasteiger partial charge on any atom is -0.488 e. The molecule has 0 radical (unpaired) electrons. The first-order valence-corrected chi connectivity index (χ1v) is 10.4. The van der Waals surface area contributed by atoms with Gasteiger partial charge in [-0.05, 0) is 53.7 Å². The quantitative estimate of drug-likeness (QED) is 0.386. The Morgan fingerprint density at radius 3 is 2.48 bits per heavy atom. The van der Waals surface area contributed by atoms with Crippen molar-refractivity contribution in [2.24, 2.45) is 0 Å². The summed E-state index contributed by atoms with van der Waals surface area (Å²) < 4.78 is 6.06. The van der Waals surface area contributed by atoms with Gasteiger partial charge < -0.3 is 4.74 Å². The molecule has 0 saturated heterocycles. The summed E-state index contributed by atoms with van der Waals surface area (Å²) in [5, 5.41) is 2.86. The van der Waals surface area contributed by atoms with Gasteiger partial charge in [0.05, 0.1) is 4.91 Å². The Morgan fingerprint density at radius 2 is 1.79 bits per heavy atom. The molecule has 0 aliphatic carbocycles. The third-order valence-corrected chi connectivity index (χ3v) is 5.70. The van der Waals surface area contributed by atoms with E-state index in [1.165, 1.54) is 13.8 Å². The Bertz CT molecular complexity index is 1120. The van der Waals surface area contributed by atoms with Gasteiger partial charge in [-0.2, -0.15) is 0 Å². The van der Waals surface area contributed by atoms with Gasteiger partial charge in [0.25, 0.3) is 0 Å². The highest BCUT2D eigenvalue weighted by Gasteiger charge is 2.14. The second kappa shape index (κ2) is 9.49. The molecule has 0 atom stereocenters. The molecule has 3 nitrogen and oxygen atoms in total. The van der Waals surface area contributed by atoms with Crippen molar-refractivity contribution in [2.45, 2.75) is 20.5 Å². The molecule has 0 heterocycles. The topological polar surface area (TPSA) is 43.4 Å². The number of halogens is 2. The number of ketones is 1. The lowest BCUT2D eigenvalue weighted by Gasteiger charge is -2.14. The van der Waals surface area contributed by atoms with Gasteiger partial charge in [-0.25, -0.2) is 0 Å². The molecule has 0 bridgehead atoms. The molecule has 6 heteroatoms. The largest absolute Gasteiger partial charge is 0.488 e. The van der Waals surface area contributed by atoms with Crippen LogP contribution in [0.1, 0.15) is 25.0 Å². The Morgan fingerprint density at radius 1 is 1.03 bits per heavy atom. The van der Waals surface area contributed by atoms with Crippen LogP contribution >= 0.6 is 35.0 Å². The average Bonchev–Trinajstić information content (AvgIpc) is 2.67. The molecule has 0 aliphatic heterocycles. The number of carbonyl (C=O) groups excluding carboxylic acids is 2. The maximum Gasteiger partial charge on any atom is 0.190 e. The molecule has 0 spiro atoms. The van der Waals surface area contributed by atoms with Gasteiger partial charge in [-0.3, -0.25) is 9.59 Å². The lowest BCUT2D eigenvalue weighted by Crippen LogP contribution is -2.00. The van der Waals surface area contributed by atoms with Crippen LogP contribution in [-0.4, -0.2) is 10.9 Å². The molecule has 0 fully saturated rings. The molecule has 0 N–H and O–H groups in total. The van der Waals surface area contributed by atoms with E-state index < -0.39 is 0 Å². The average molecular weight is 445 g/mol. The van der Waals surface area contributed by atoms with Crippen molar-refractivity contribution < 1.29 is 14.3 Å². The smallest absolute Gasteiger partial charge is 0.190 e. The molecule has 0 unspecified atom stereocenters. The molecule has 0 aromatic heterocycles. The lowest BCUT2D eigenvalue weighted by atomic mass is 10.0. The molecule has 148 valence electrons. The number of fused-ring (bicyclic) bond motifs is 1. The molecule has 0 amide bonds. The third kappa shape index (κ3) is 5.41. The van der Waals surface area contributed by atoms with E-state index in [4.69, 9.17) is 27.9 Å². The van der Waals surface area contributed by atoms with Crippen molar-refractivity contribution in [3.63, 3.8) is 0 Å². The van der Waals surface area contributed by atoms with Gasteiger partial charge in [0, 0.05) is 28.1 Å². The molecule has 0 aliphatic rings. The monoisotopic (exact) mass is 444 g/mol. The highest BCUT2D eigenvalue weighted by Crippen LogP contribution is 2.33. The van der Waals surface area contributed by atoms with Gasteiger partial charge in [0.1, 0.15) is 12.4 Å². The second-order valence-electron chi connectivity index (χ2n) is 6.38. The van der Waals surface area contributed by atoms with Crippen molar-refractivity contribution in [2.75, 3.05) is 0 Å². The Balaban J connectivity index is 2.05. The van der Waals surface area contributed by atoms with E-state index >= 15 is 0 Å². The van der Waals surface area contributed by atoms with Gasteiger partial charge in [0.15, 0.2) is 10.9 Å². The first-order chi connectivity index (χ1) is 13.8. The fourth-order valence-corrected chi connectivity index (χ4v) is 3.93. The van der Waals surface area contributed by atoms with E-state index in [1.807, 2.05) is 42.5 Å². The summed E-state index contributed by atoms with van der Waals surface area (Å²) in [5.74, 6) is 0.419. The van der Waals surface area contributed by atoms with E-state index in [0.717, 1.165) is 33.7 Å². The van der Waals surface area contributed by atoms with Crippen molar-refractivity contribution in [3.05, 3.63) is 80.7 Å². The summed E-state index contributed by atoms with van der Waals surface area (Å²) in [4.78, 5) is 24.0. The first-order valence-electron chi connectivity index (χ1n) is 8.84. The SMILES string of the molecule is CC(=O)S/C(=C\c1c(OCc2ccc(Cl)cc2Cl)ccc2ccccc12)C(C)=O. The molecule has 3 rings (SSSR count). The number of Topliss-reactive ketones (excluding diaryl/α,β-unsaturated/α-hetero) is 1. The molecule has 29 heavy (non-hydrogen) atoms. The first kappa shape index (κ1) is 21.4. The van der Waals surface area contributed by atoms with Crippen LogP contribution in [0, 0.1) is 0 Å². The van der Waals surface area contributed by atoms with E-state index in [0.29, 0.717) is 20.7 Å². The maximum atomic E-state index is 12.1. The summed E-state index contributed by atoms with van der Waals surface area (Å²) >= 11 is 13.1. The standard InChI is InChI=1S/C23H18Cl2O3S/c1-14(26)23(29-15(2)27)12-20-19-6-4-3-5-16(19)8-10-22(20)28-13-17-7-9-18(24)11-21(17)25/h3-12H,13H2,1-2H3/b23-12-. The zero-order valence-corrected chi connectivity index (χ0v) is 18.2. The number of carbonyl (C=O) groups is 2. The van der Waals surface area contributed by atoms with Crippen LogP contribution in [0.3, 0.4) is 0 Å². The molecule has 3 aromatic rings. The highest BCUT2D eigenvalue weighted by molar-refractivity contribution is 8.17. The van der Waals surface area contributed by atoms with Crippen LogP contribution in [0.25, 0.3) is 16.8 Å². The Hall–Kier alpha value is -2.27. The van der Waals surface area contributed by atoms with E-state index in [9.17, 15) is 9.59 Å². The minimum absolute atomic E-state index is 0.151. The fourth-order valence-electron chi connectivity index (χ4n) is 2.83. The number of hydrogen-bond acceptors (Lipinski definition) is 4. The summed E-state index contributed by atoms with van der Waals surface area (Å²) in [5.41, 5.74) is 1.54. The van der Waals surface area contributed by atoms with Crippen molar-refractivity contribution >= 4 is 62.7 Å². The number of ether oxygens (including phenoxy) is 1. The Kier molecular flexibility index (Phi) is 7.01. The fraction of sp³-hybridized carbons (Fsp3) is 0.130. The van der Waals surface area contributed by atoms with Crippen LogP contribution in [-0.2, 0) is 16.2 Å². The van der Waals surface area contributed by atoms with Gasteiger partial charge in [0.2, 0.25) is 0 Å². The predicted molar refractivity (Wildman–Crippen MR) is 122 cm³/mol. The van der Waals surface area contributed by atoms with Crippen molar-refractivity contribution in [1.29, 1.82) is 0 Å². The zero-order valence-electron chi connectivity index (χ0n) is 15.9. The van der Waals surface area contributed by atoms with Crippen molar-refractivity contribution in [3.8, 4) is 5.75 Å². The highest BCUT2D eigenvalue weighted by atomic mass is 35.5. The molecule has 0 saturated carbocycles. The number of hydrogen-bond donors (Lipinski definition) is 0. The van der Waals surface area contributed by atoms with E-state index in [-0.39, 0.29) is 17.5 Å². The number of allylic oxidation sites excluding steroid dienone is 1. The van der Waals surface area contributed by atoms with Crippen LogP contribution in [0.5, 0.6) is 5.75 Å². The maximum absolute atomic E-state index is 12.1. The number of thioether (sulfide) groups is 1. The van der Waals surface area contributed by atoms with Crippen LogP contribution in [0.15, 0.2) is 59.5 Å². The minimum atomic E-state index is -0.176. The number of rotatable bonds is 6. The summed E-state index contributed by atoms with van der Waals surface area (Å²) in [7, 11) is 0. The van der Waals surface area contributed by atoms with E-state index in [2.05, 4.69) is 0 Å². The lowest BCUT2D eigenvalue weighted by molar-refractivity contribution is -0.113. The van der Waals surface area contributed by atoms with Crippen molar-refractivity contribution in [1.82, 2.24) is 0 Å².